The number of aromatic nitrogens is 1. The monoisotopic (exact) mass is 292 g/mol. The fraction of sp³-hybridized carbons (Fsp3) is 0.400. The predicted octanol–water partition coefficient (Wildman–Crippen LogP) is 1.16. The molecule has 1 aromatic rings. The second-order valence-corrected chi connectivity index (χ2v) is 6.03. The van der Waals surface area contributed by atoms with Gasteiger partial charge in [-0.05, 0) is 13.0 Å². The molecule has 0 N–H and O–H groups in total. The van der Waals surface area contributed by atoms with Crippen LogP contribution in [0.3, 0.4) is 0 Å². The number of pyridine rings is 1. The zero-order valence-corrected chi connectivity index (χ0v) is 11.7. The van der Waals surface area contributed by atoms with Crippen LogP contribution >= 0.6 is 11.6 Å². The van der Waals surface area contributed by atoms with Crippen molar-refractivity contribution in [2.45, 2.75) is 11.8 Å². The summed E-state index contributed by atoms with van der Waals surface area (Å²) in [6.45, 7) is 1.81. The van der Waals surface area contributed by atoms with E-state index in [-0.39, 0.29) is 22.2 Å². The van der Waals surface area contributed by atoms with Gasteiger partial charge in [0.05, 0.1) is 12.2 Å². The maximum Gasteiger partial charge on any atom is 0.341 e. The first kappa shape index (κ1) is 14.9. The molecule has 1 aromatic heterocycles. The molecule has 0 saturated heterocycles. The van der Waals surface area contributed by atoms with E-state index >= 15 is 0 Å². The van der Waals surface area contributed by atoms with Gasteiger partial charge in [0.25, 0.3) is 0 Å². The number of carbonyl (C=O) groups is 1. The van der Waals surface area contributed by atoms with Gasteiger partial charge in [0, 0.05) is 20.3 Å². The first-order valence-electron chi connectivity index (χ1n) is 5.06. The van der Waals surface area contributed by atoms with Gasteiger partial charge in [-0.2, -0.15) is 0 Å². The van der Waals surface area contributed by atoms with Gasteiger partial charge in [-0.25, -0.2) is 22.5 Å². The molecule has 0 fully saturated rings. The minimum atomic E-state index is -3.66. The molecule has 0 aliphatic rings. The summed E-state index contributed by atoms with van der Waals surface area (Å²) in [5.41, 5.74) is -0.0681. The molecule has 0 aromatic carbocycles. The Morgan fingerprint density at radius 3 is 2.61 bits per heavy atom. The van der Waals surface area contributed by atoms with Gasteiger partial charge in [0.1, 0.15) is 10.0 Å². The third-order valence-electron chi connectivity index (χ3n) is 2.09. The zero-order chi connectivity index (χ0) is 13.9. The highest BCUT2D eigenvalue weighted by molar-refractivity contribution is 7.89. The summed E-state index contributed by atoms with van der Waals surface area (Å²) in [6, 6.07) is 1.16. The van der Waals surface area contributed by atoms with Crippen LogP contribution in [0.1, 0.15) is 17.3 Å². The summed E-state index contributed by atoms with van der Waals surface area (Å²) in [5.74, 6) is -0.703. The highest BCUT2D eigenvalue weighted by Gasteiger charge is 2.22. The van der Waals surface area contributed by atoms with Crippen LogP contribution in [0.25, 0.3) is 0 Å². The maximum atomic E-state index is 11.9. The summed E-state index contributed by atoms with van der Waals surface area (Å²) >= 11 is 5.74. The van der Waals surface area contributed by atoms with Crippen molar-refractivity contribution in [1.82, 2.24) is 9.29 Å². The topological polar surface area (TPSA) is 76.6 Å². The highest BCUT2D eigenvalue weighted by atomic mass is 35.5. The molecule has 0 radical (unpaired) electrons. The van der Waals surface area contributed by atoms with Crippen LogP contribution in [0, 0.1) is 0 Å². The molecule has 0 aliphatic heterocycles. The average molecular weight is 293 g/mol. The second-order valence-electron chi connectivity index (χ2n) is 3.52. The summed E-state index contributed by atoms with van der Waals surface area (Å²) in [5, 5.41) is -0.0915. The number of rotatable bonds is 4. The number of ether oxygens (including phenoxy) is 1. The molecular weight excluding hydrogens is 280 g/mol. The Bertz CT molecular complexity index is 557. The molecule has 0 unspecified atom stereocenters. The first-order valence-corrected chi connectivity index (χ1v) is 6.87. The molecule has 0 spiro atoms. The molecule has 0 saturated carbocycles. The van der Waals surface area contributed by atoms with Crippen LogP contribution in [-0.4, -0.2) is 44.4 Å². The van der Waals surface area contributed by atoms with Crippen LogP contribution in [0.15, 0.2) is 17.2 Å². The van der Waals surface area contributed by atoms with Gasteiger partial charge < -0.3 is 4.74 Å². The number of nitrogens with zero attached hydrogens (tertiary/aromatic N) is 2. The molecule has 1 heterocycles. The normalized spacial score (nSPS) is 11.6. The van der Waals surface area contributed by atoms with Gasteiger partial charge in [0.15, 0.2) is 0 Å². The fourth-order valence-corrected chi connectivity index (χ4v) is 2.19. The van der Waals surface area contributed by atoms with Crippen molar-refractivity contribution >= 4 is 27.6 Å². The van der Waals surface area contributed by atoms with Gasteiger partial charge >= 0.3 is 5.97 Å². The van der Waals surface area contributed by atoms with E-state index in [0.717, 1.165) is 16.6 Å². The first-order chi connectivity index (χ1) is 8.30. The van der Waals surface area contributed by atoms with Crippen LogP contribution < -0.4 is 0 Å². The molecule has 100 valence electrons. The number of hydrogen-bond acceptors (Lipinski definition) is 5. The van der Waals surface area contributed by atoms with Gasteiger partial charge in [-0.15, -0.1) is 0 Å². The number of carbonyl (C=O) groups excluding carboxylic acids is 1. The second kappa shape index (κ2) is 5.64. The Kier molecular flexibility index (Phi) is 4.66. The van der Waals surface area contributed by atoms with Crippen molar-refractivity contribution in [2.75, 3.05) is 20.7 Å². The summed E-state index contributed by atoms with van der Waals surface area (Å²) in [6.07, 6.45) is 1.10. The largest absolute Gasteiger partial charge is 0.462 e. The van der Waals surface area contributed by atoms with Crippen molar-refractivity contribution in [2.24, 2.45) is 0 Å². The molecule has 0 aliphatic carbocycles. The lowest BCUT2D eigenvalue weighted by Gasteiger charge is -2.12. The lowest BCUT2D eigenvalue weighted by Crippen LogP contribution is -2.23. The minimum Gasteiger partial charge on any atom is -0.462 e. The summed E-state index contributed by atoms with van der Waals surface area (Å²) < 4.78 is 29.5. The van der Waals surface area contributed by atoms with Crippen LogP contribution in [-0.2, 0) is 14.8 Å². The average Bonchev–Trinajstić information content (AvgIpc) is 2.29. The molecular formula is C10H13ClN2O4S. The Morgan fingerprint density at radius 1 is 1.50 bits per heavy atom. The third kappa shape index (κ3) is 2.98. The van der Waals surface area contributed by atoms with Gasteiger partial charge in [-0.3, -0.25) is 0 Å². The molecule has 8 heteroatoms. The standard InChI is InChI=1S/C10H13ClN2O4S/c1-4-17-10(14)8-5-7(6-12-9(8)11)18(15,16)13(2)3/h5-6H,4H2,1-3H3. The van der Waals surface area contributed by atoms with E-state index in [1.54, 1.807) is 6.92 Å². The predicted molar refractivity (Wildman–Crippen MR) is 66.1 cm³/mol. The molecule has 6 nitrogen and oxygen atoms in total. The van der Waals surface area contributed by atoms with E-state index < -0.39 is 16.0 Å². The van der Waals surface area contributed by atoms with Crippen LogP contribution in [0.4, 0.5) is 0 Å². The molecule has 1 rings (SSSR count). The minimum absolute atomic E-state index is 0.0681. The van der Waals surface area contributed by atoms with Crippen molar-refractivity contribution in [3.05, 3.63) is 23.0 Å². The number of esters is 1. The lowest BCUT2D eigenvalue weighted by atomic mass is 10.3. The van der Waals surface area contributed by atoms with E-state index in [0.29, 0.717) is 0 Å². The van der Waals surface area contributed by atoms with Crippen molar-refractivity contribution in [1.29, 1.82) is 0 Å². The van der Waals surface area contributed by atoms with E-state index in [9.17, 15) is 13.2 Å². The van der Waals surface area contributed by atoms with E-state index in [4.69, 9.17) is 16.3 Å². The van der Waals surface area contributed by atoms with Crippen LogP contribution in [0.2, 0.25) is 5.15 Å². The van der Waals surface area contributed by atoms with Crippen molar-refractivity contribution in [3.8, 4) is 0 Å². The van der Waals surface area contributed by atoms with E-state index in [1.807, 2.05) is 0 Å². The third-order valence-corrected chi connectivity index (χ3v) is 4.17. The number of hydrogen-bond donors (Lipinski definition) is 0. The van der Waals surface area contributed by atoms with Crippen molar-refractivity contribution < 1.29 is 17.9 Å². The Labute approximate surface area is 111 Å². The summed E-state index contributed by atoms with van der Waals surface area (Å²) in [4.78, 5) is 15.1. The Balaban J connectivity index is 3.29. The summed E-state index contributed by atoms with van der Waals surface area (Å²) in [7, 11) is -0.894. The van der Waals surface area contributed by atoms with E-state index in [2.05, 4.69) is 4.98 Å². The molecule has 18 heavy (non-hydrogen) atoms. The van der Waals surface area contributed by atoms with Crippen molar-refractivity contribution in [3.63, 3.8) is 0 Å². The van der Waals surface area contributed by atoms with Gasteiger partial charge in [0.2, 0.25) is 10.0 Å². The fourth-order valence-electron chi connectivity index (χ4n) is 1.13. The highest BCUT2D eigenvalue weighted by Crippen LogP contribution is 2.20. The van der Waals surface area contributed by atoms with Crippen LogP contribution in [0.5, 0.6) is 0 Å². The van der Waals surface area contributed by atoms with Gasteiger partial charge in [-0.1, -0.05) is 11.6 Å². The Morgan fingerprint density at radius 2 is 2.11 bits per heavy atom. The number of halogens is 1. The molecule has 0 amide bonds. The quantitative estimate of drug-likeness (QED) is 0.615. The molecule has 0 atom stereocenters. The SMILES string of the molecule is CCOC(=O)c1cc(S(=O)(=O)N(C)C)cnc1Cl. The molecule has 0 bridgehead atoms. The zero-order valence-electron chi connectivity index (χ0n) is 10.2. The smallest absolute Gasteiger partial charge is 0.341 e. The maximum absolute atomic E-state index is 11.9. The lowest BCUT2D eigenvalue weighted by molar-refractivity contribution is 0.0526. The van der Waals surface area contributed by atoms with E-state index in [1.165, 1.54) is 14.1 Å². The number of sulfonamides is 1. The Hall–Kier alpha value is -1.18.